The Kier molecular flexibility index (Phi) is 3.75. The highest BCUT2D eigenvalue weighted by atomic mass is 14.9. The van der Waals surface area contributed by atoms with Gasteiger partial charge in [0.15, 0.2) is 0 Å². The summed E-state index contributed by atoms with van der Waals surface area (Å²) in [5, 5.41) is 6.29. The first kappa shape index (κ1) is 13.6. The zero-order valence-electron chi connectivity index (χ0n) is 12.5. The molecule has 0 aliphatic heterocycles. The van der Waals surface area contributed by atoms with Gasteiger partial charge in [0.2, 0.25) is 0 Å². The Morgan fingerprint density at radius 3 is 2.70 bits per heavy atom. The molecule has 106 valence electrons. The van der Waals surface area contributed by atoms with Crippen LogP contribution >= 0.6 is 0 Å². The maximum atomic E-state index is 4.36. The highest BCUT2D eigenvalue weighted by molar-refractivity contribution is 5.84. The van der Waals surface area contributed by atoms with Crippen molar-refractivity contribution in [1.82, 2.24) is 10.3 Å². The van der Waals surface area contributed by atoms with Crippen LogP contribution in [0.25, 0.3) is 10.8 Å². The molecule has 2 aromatic rings. The van der Waals surface area contributed by atoms with Gasteiger partial charge in [0.1, 0.15) is 0 Å². The Morgan fingerprint density at radius 1 is 1.15 bits per heavy atom. The molecule has 1 N–H and O–H groups in total. The van der Waals surface area contributed by atoms with E-state index in [9.17, 15) is 0 Å². The van der Waals surface area contributed by atoms with Gasteiger partial charge in [0.25, 0.3) is 0 Å². The van der Waals surface area contributed by atoms with Crippen LogP contribution in [0.2, 0.25) is 0 Å². The summed E-state index contributed by atoms with van der Waals surface area (Å²) in [7, 11) is 0. The van der Waals surface area contributed by atoms with Crippen molar-refractivity contribution >= 4 is 10.8 Å². The van der Waals surface area contributed by atoms with Crippen molar-refractivity contribution in [3.8, 4) is 0 Å². The normalized spacial score (nSPS) is 19.3. The molecule has 0 spiro atoms. The Morgan fingerprint density at radius 2 is 1.90 bits per heavy atom. The average molecular weight is 268 g/mol. The molecule has 3 rings (SSSR count). The van der Waals surface area contributed by atoms with Gasteiger partial charge in [-0.2, -0.15) is 0 Å². The van der Waals surface area contributed by atoms with E-state index in [1.54, 1.807) is 0 Å². The van der Waals surface area contributed by atoms with Crippen molar-refractivity contribution < 1.29 is 0 Å². The maximum absolute atomic E-state index is 4.36. The Labute approximate surface area is 121 Å². The highest BCUT2D eigenvalue weighted by Crippen LogP contribution is 2.35. The number of fused-ring (bicyclic) bond motifs is 1. The van der Waals surface area contributed by atoms with Crippen molar-refractivity contribution in [1.29, 1.82) is 0 Å². The third-order valence-electron chi connectivity index (χ3n) is 4.67. The molecule has 0 radical (unpaired) electrons. The van der Waals surface area contributed by atoms with Crippen molar-refractivity contribution in [2.24, 2.45) is 5.41 Å². The lowest BCUT2D eigenvalue weighted by atomic mass is 9.75. The molecule has 2 nitrogen and oxygen atoms in total. The summed E-state index contributed by atoms with van der Waals surface area (Å²) in [4.78, 5) is 4.36. The third kappa shape index (κ3) is 3.01. The third-order valence-corrected chi connectivity index (χ3v) is 4.67. The molecular formula is C18H24N2. The molecule has 1 aliphatic rings. The molecule has 1 fully saturated rings. The van der Waals surface area contributed by atoms with Crippen LogP contribution in [0.3, 0.4) is 0 Å². The van der Waals surface area contributed by atoms with Crippen LogP contribution in [0, 0.1) is 5.41 Å². The predicted octanol–water partition coefficient (Wildman–Crippen LogP) is 4.29. The molecule has 0 saturated heterocycles. The molecule has 0 atom stereocenters. The van der Waals surface area contributed by atoms with Gasteiger partial charge < -0.3 is 5.32 Å². The minimum atomic E-state index is 0.541. The van der Waals surface area contributed by atoms with Crippen LogP contribution in [0.5, 0.6) is 0 Å². The van der Waals surface area contributed by atoms with E-state index in [2.05, 4.69) is 48.4 Å². The number of benzene rings is 1. The van der Waals surface area contributed by atoms with Gasteiger partial charge in [0, 0.05) is 30.4 Å². The summed E-state index contributed by atoms with van der Waals surface area (Å²) < 4.78 is 0. The van der Waals surface area contributed by atoms with Gasteiger partial charge in [-0.05, 0) is 42.0 Å². The monoisotopic (exact) mass is 268 g/mol. The molecule has 1 aliphatic carbocycles. The minimum absolute atomic E-state index is 0.541. The summed E-state index contributed by atoms with van der Waals surface area (Å²) >= 11 is 0. The fourth-order valence-corrected chi connectivity index (χ4v) is 3.18. The zero-order chi connectivity index (χ0) is 14.0. The van der Waals surface area contributed by atoms with E-state index in [4.69, 9.17) is 0 Å². The molecule has 2 heteroatoms. The molecule has 1 aromatic heterocycles. The second kappa shape index (κ2) is 5.53. The summed E-state index contributed by atoms with van der Waals surface area (Å²) in [5.41, 5.74) is 1.85. The van der Waals surface area contributed by atoms with E-state index in [1.165, 1.54) is 42.0 Å². The van der Waals surface area contributed by atoms with E-state index in [1.807, 2.05) is 12.4 Å². The zero-order valence-corrected chi connectivity index (χ0v) is 12.5. The SMILES string of the molecule is CC1(C)CCC(NCc2cncc3ccccc23)CC1. The minimum Gasteiger partial charge on any atom is -0.310 e. The van der Waals surface area contributed by atoms with Gasteiger partial charge >= 0.3 is 0 Å². The van der Waals surface area contributed by atoms with Gasteiger partial charge in [-0.15, -0.1) is 0 Å². The average Bonchev–Trinajstić information content (AvgIpc) is 2.46. The smallest absolute Gasteiger partial charge is 0.0346 e. The first-order valence-electron chi connectivity index (χ1n) is 7.69. The molecule has 1 aromatic carbocycles. The summed E-state index contributed by atoms with van der Waals surface area (Å²) in [6.07, 6.45) is 9.21. The van der Waals surface area contributed by atoms with E-state index in [-0.39, 0.29) is 0 Å². The number of rotatable bonds is 3. The Hall–Kier alpha value is -1.41. The standard InChI is InChI=1S/C18H24N2/c1-18(2)9-7-16(8-10-18)20-13-15-12-19-11-14-5-3-4-6-17(14)15/h3-6,11-12,16,20H,7-10,13H2,1-2H3. The molecule has 1 saturated carbocycles. The van der Waals surface area contributed by atoms with E-state index >= 15 is 0 Å². The van der Waals surface area contributed by atoms with Crippen LogP contribution in [0.1, 0.15) is 45.1 Å². The van der Waals surface area contributed by atoms with Crippen LogP contribution in [0.4, 0.5) is 0 Å². The lowest BCUT2D eigenvalue weighted by molar-refractivity contribution is 0.206. The summed E-state index contributed by atoms with van der Waals surface area (Å²) in [6, 6.07) is 9.17. The van der Waals surface area contributed by atoms with E-state index in [0.29, 0.717) is 11.5 Å². The topological polar surface area (TPSA) is 24.9 Å². The van der Waals surface area contributed by atoms with Gasteiger partial charge in [0.05, 0.1) is 0 Å². The molecular weight excluding hydrogens is 244 g/mol. The van der Waals surface area contributed by atoms with E-state index in [0.717, 1.165) is 6.54 Å². The van der Waals surface area contributed by atoms with Crippen molar-refractivity contribution in [3.63, 3.8) is 0 Å². The highest BCUT2D eigenvalue weighted by Gasteiger charge is 2.26. The first-order chi connectivity index (χ1) is 9.64. The molecule has 20 heavy (non-hydrogen) atoms. The molecule has 1 heterocycles. The molecule has 0 unspecified atom stereocenters. The Bertz CT molecular complexity index is 573. The van der Waals surface area contributed by atoms with E-state index < -0.39 is 0 Å². The number of hydrogen-bond donors (Lipinski definition) is 1. The molecule has 0 bridgehead atoms. The lowest BCUT2D eigenvalue weighted by Gasteiger charge is -2.34. The summed E-state index contributed by atoms with van der Waals surface area (Å²) in [5.74, 6) is 0. The predicted molar refractivity (Wildman–Crippen MR) is 84.6 cm³/mol. The Balaban J connectivity index is 1.66. The number of aromatic nitrogens is 1. The second-order valence-electron chi connectivity index (χ2n) is 6.84. The van der Waals surface area contributed by atoms with Crippen LogP contribution in [-0.4, -0.2) is 11.0 Å². The number of nitrogens with zero attached hydrogens (tertiary/aromatic N) is 1. The number of pyridine rings is 1. The number of nitrogens with one attached hydrogen (secondary N) is 1. The van der Waals surface area contributed by atoms with Crippen LogP contribution in [0.15, 0.2) is 36.7 Å². The molecule has 0 amide bonds. The quantitative estimate of drug-likeness (QED) is 0.898. The fourth-order valence-electron chi connectivity index (χ4n) is 3.18. The van der Waals surface area contributed by atoms with Gasteiger partial charge in [-0.1, -0.05) is 38.1 Å². The van der Waals surface area contributed by atoms with Crippen molar-refractivity contribution in [3.05, 3.63) is 42.2 Å². The fraction of sp³-hybridized carbons (Fsp3) is 0.500. The van der Waals surface area contributed by atoms with Crippen molar-refractivity contribution in [2.45, 2.75) is 52.1 Å². The van der Waals surface area contributed by atoms with Crippen LogP contribution in [-0.2, 0) is 6.54 Å². The largest absolute Gasteiger partial charge is 0.310 e. The van der Waals surface area contributed by atoms with Crippen molar-refractivity contribution in [2.75, 3.05) is 0 Å². The lowest BCUT2D eigenvalue weighted by Crippen LogP contribution is -2.35. The van der Waals surface area contributed by atoms with Gasteiger partial charge in [-0.3, -0.25) is 4.98 Å². The summed E-state index contributed by atoms with van der Waals surface area (Å²) in [6.45, 7) is 5.70. The van der Waals surface area contributed by atoms with Gasteiger partial charge in [-0.25, -0.2) is 0 Å². The van der Waals surface area contributed by atoms with Crippen LogP contribution < -0.4 is 5.32 Å². The number of hydrogen-bond acceptors (Lipinski definition) is 2. The maximum Gasteiger partial charge on any atom is 0.0346 e. The second-order valence-corrected chi connectivity index (χ2v) is 6.84. The first-order valence-corrected chi connectivity index (χ1v) is 7.69.